The van der Waals surface area contributed by atoms with E-state index in [0.29, 0.717) is 16.7 Å². The number of amides is 1. The average molecular weight is 331 g/mol. The molecule has 0 aliphatic heterocycles. The van der Waals surface area contributed by atoms with Gasteiger partial charge in [-0.05, 0) is 17.7 Å². The lowest BCUT2D eigenvalue weighted by molar-refractivity contribution is 0.0233. The van der Waals surface area contributed by atoms with Gasteiger partial charge in [0, 0.05) is 16.7 Å². The van der Waals surface area contributed by atoms with Crippen LogP contribution in [-0.4, -0.2) is 11.7 Å². The van der Waals surface area contributed by atoms with Gasteiger partial charge in [0.25, 0.3) is 5.91 Å². The Balaban J connectivity index is 1.54. The Kier molecular flexibility index (Phi) is 5.34. The van der Waals surface area contributed by atoms with Gasteiger partial charge in [0.15, 0.2) is 5.78 Å². The number of hydroxylamine groups is 1. The molecule has 0 saturated carbocycles. The summed E-state index contributed by atoms with van der Waals surface area (Å²) in [6.45, 7) is 0.221. The van der Waals surface area contributed by atoms with Crippen LogP contribution in [0.2, 0.25) is 0 Å². The van der Waals surface area contributed by atoms with E-state index in [2.05, 4.69) is 5.48 Å². The molecule has 124 valence electrons. The quantitative estimate of drug-likeness (QED) is 0.552. The van der Waals surface area contributed by atoms with Crippen molar-refractivity contribution >= 4 is 11.7 Å². The summed E-state index contributed by atoms with van der Waals surface area (Å²) < 4.78 is 0. The van der Waals surface area contributed by atoms with Crippen LogP contribution in [0, 0.1) is 0 Å². The first-order valence-electron chi connectivity index (χ1n) is 7.90. The molecule has 3 rings (SSSR count). The largest absolute Gasteiger partial charge is 0.289 e. The maximum absolute atomic E-state index is 12.3. The summed E-state index contributed by atoms with van der Waals surface area (Å²) in [5.41, 5.74) is 5.07. The first kappa shape index (κ1) is 16.6. The van der Waals surface area contributed by atoms with E-state index in [9.17, 15) is 9.59 Å². The van der Waals surface area contributed by atoms with Crippen molar-refractivity contribution in [2.75, 3.05) is 0 Å². The van der Waals surface area contributed by atoms with E-state index in [0.717, 1.165) is 5.56 Å². The summed E-state index contributed by atoms with van der Waals surface area (Å²) in [7, 11) is 0. The topological polar surface area (TPSA) is 55.4 Å². The minimum Gasteiger partial charge on any atom is -0.289 e. The highest BCUT2D eigenvalue weighted by molar-refractivity contribution is 6.08. The monoisotopic (exact) mass is 331 g/mol. The molecule has 3 aromatic rings. The van der Waals surface area contributed by atoms with E-state index in [4.69, 9.17) is 4.84 Å². The van der Waals surface area contributed by atoms with Gasteiger partial charge in [0.1, 0.15) is 0 Å². The lowest BCUT2D eigenvalue weighted by Crippen LogP contribution is -2.23. The van der Waals surface area contributed by atoms with E-state index in [1.807, 2.05) is 36.4 Å². The second kappa shape index (κ2) is 8.04. The van der Waals surface area contributed by atoms with Crippen molar-refractivity contribution in [3.05, 3.63) is 107 Å². The van der Waals surface area contributed by atoms with Gasteiger partial charge in [-0.15, -0.1) is 0 Å². The van der Waals surface area contributed by atoms with Crippen molar-refractivity contribution in [1.29, 1.82) is 0 Å². The van der Waals surface area contributed by atoms with Crippen LogP contribution in [0.3, 0.4) is 0 Å². The fourth-order valence-electron chi connectivity index (χ4n) is 2.34. The highest BCUT2D eigenvalue weighted by atomic mass is 16.6. The van der Waals surface area contributed by atoms with E-state index >= 15 is 0 Å². The molecule has 3 aromatic carbocycles. The molecule has 0 saturated heterocycles. The van der Waals surface area contributed by atoms with E-state index in [1.54, 1.807) is 48.5 Å². The predicted octanol–water partition coefficient (Wildman–Crippen LogP) is 3.78. The summed E-state index contributed by atoms with van der Waals surface area (Å²) >= 11 is 0. The predicted molar refractivity (Wildman–Crippen MR) is 95.0 cm³/mol. The van der Waals surface area contributed by atoms with Crippen molar-refractivity contribution < 1.29 is 14.4 Å². The van der Waals surface area contributed by atoms with Gasteiger partial charge in [-0.25, -0.2) is 5.48 Å². The van der Waals surface area contributed by atoms with E-state index < -0.39 is 0 Å². The van der Waals surface area contributed by atoms with Crippen molar-refractivity contribution in [3.8, 4) is 0 Å². The van der Waals surface area contributed by atoms with Gasteiger partial charge >= 0.3 is 0 Å². The molecule has 25 heavy (non-hydrogen) atoms. The van der Waals surface area contributed by atoms with Crippen LogP contribution in [0.5, 0.6) is 0 Å². The molecular formula is C21H17NO3. The number of nitrogens with one attached hydrogen (secondary N) is 1. The van der Waals surface area contributed by atoms with Crippen LogP contribution in [0.15, 0.2) is 84.9 Å². The lowest BCUT2D eigenvalue weighted by Gasteiger charge is -2.07. The molecular weight excluding hydrogens is 314 g/mol. The van der Waals surface area contributed by atoms with Gasteiger partial charge < -0.3 is 0 Å². The zero-order chi connectivity index (χ0) is 17.5. The highest BCUT2D eigenvalue weighted by Crippen LogP contribution is 2.11. The Morgan fingerprint density at radius 1 is 0.680 bits per heavy atom. The summed E-state index contributed by atoms with van der Waals surface area (Å²) in [5, 5.41) is 0. The molecule has 4 heteroatoms. The molecule has 0 aromatic heterocycles. The minimum absolute atomic E-state index is 0.0227. The molecule has 4 nitrogen and oxygen atoms in total. The third kappa shape index (κ3) is 4.40. The molecule has 1 N–H and O–H groups in total. The molecule has 0 aliphatic carbocycles. The third-order valence-electron chi connectivity index (χ3n) is 3.69. The lowest BCUT2D eigenvalue weighted by atomic mass is 10.0. The molecule has 0 unspecified atom stereocenters. The van der Waals surface area contributed by atoms with Gasteiger partial charge in [0.2, 0.25) is 0 Å². The zero-order valence-corrected chi connectivity index (χ0v) is 13.5. The number of carbonyl (C=O) groups excluding carboxylic acids is 2. The maximum atomic E-state index is 12.3. The maximum Gasteiger partial charge on any atom is 0.274 e. The molecule has 1 amide bonds. The van der Waals surface area contributed by atoms with Crippen molar-refractivity contribution in [1.82, 2.24) is 5.48 Å². The first-order chi connectivity index (χ1) is 12.2. The van der Waals surface area contributed by atoms with E-state index in [-0.39, 0.29) is 18.3 Å². The SMILES string of the molecule is O=C(NOCc1ccc(C(=O)c2ccccc2)cc1)c1ccccc1. The van der Waals surface area contributed by atoms with Crippen molar-refractivity contribution in [2.45, 2.75) is 6.61 Å². The molecule has 0 heterocycles. The number of benzene rings is 3. The zero-order valence-electron chi connectivity index (χ0n) is 13.5. The molecule has 0 fully saturated rings. The smallest absolute Gasteiger partial charge is 0.274 e. The van der Waals surface area contributed by atoms with E-state index in [1.165, 1.54) is 0 Å². The molecule has 0 aliphatic rings. The van der Waals surface area contributed by atoms with Crippen LogP contribution in [0.1, 0.15) is 31.8 Å². The number of hydrogen-bond donors (Lipinski definition) is 1. The van der Waals surface area contributed by atoms with Crippen LogP contribution in [-0.2, 0) is 11.4 Å². The Labute approximate surface area is 146 Å². The van der Waals surface area contributed by atoms with Gasteiger partial charge in [-0.3, -0.25) is 14.4 Å². The number of ketones is 1. The Bertz CT molecular complexity index is 843. The summed E-state index contributed by atoms with van der Waals surface area (Å²) in [4.78, 5) is 29.4. The minimum atomic E-state index is -0.295. The fourth-order valence-corrected chi connectivity index (χ4v) is 2.34. The van der Waals surface area contributed by atoms with Crippen LogP contribution >= 0.6 is 0 Å². The Morgan fingerprint density at radius 3 is 1.80 bits per heavy atom. The fraction of sp³-hybridized carbons (Fsp3) is 0.0476. The summed E-state index contributed by atoms with van der Waals surface area (Å²) in [6.07, 6.45) is 0. The average Bonchev–Trinajstić information content (AvgIpc) is 2.69. The summed E-state index contributed by atoms with van der Waals surface area (Å²) in [6, 6.07) is 25.1. The Morgan fingerprint density at radius 2 is 1.20 bits per heavy atom. The second-order valence-corrected chi connectivity index (χ2v) is 5.48. The molecule has 0 bridgehead atoms. The molecule has 0 spiro atoms. The third-order valence-corrected chi connectivity index (χ3v) is 3.69. The van der Waals surface area contributed by atoms with Gasteiger partial charge in [-0.1, -0.05) is 72.8 Å². The number of rotatable bonds is 6. The standard InChI is InChI=1S/C21H17NO3/c23-20(17-7-3-1-4-8-17)18-13-11-16(12-14-18)15-25-22-21(24)19-9-5-2-6-10-19/h1-14H,15H2,(H,22,24). The highest BCUT2D eigenvalue weighted by Gasteiger charge is 2.08. The Hall–Kier alpha value is -3.24. The van der Waals surface area contributed by atoms with Crippen LogP contribution in [0.4, 0.5) is 0 Å². The van der Waals surface area contributed by atoms with Gasteiger partial charge in [-0.2, -0.15) is 0 Å². The van der Waals surface area contributed by atoms with Crippen LogP contribution in [0.25, 0.3) is 0 Å². The number of carbonyl (C=O) groups is 2. The second-order valence-electron chi connectivity index (χ2n) is 5.48. The van der Waals surface area contributed by atoms with Crippen LogP contribution < -0.4 is 5.48 Å². The normalized spacial score (nSPS) is 10.2. The van der Waals surface area contributed by atoms with Gasteiger partial charge in [0.05, 0.1) is 6.61 Å². The van der Waals surface area contributed by atoms with Crippen molar-refractivity contribution in [3.63, 3.8) is 0 Å². The number of hydrogen-bond acceptors (Lipinski definition) is 3. The van der Waals surface area contributed by atoms with Crippen molar-refractivity contribution in [2.24, 2.45) is 0 Å². The molecule has 0 radical (unpaired) electrons. The summed E-state index contributed by atoms with van der Waals surface area (Å²) in [5.74, 6) is -0.318. The molecule has 0 atom stereocenters. The first-order valence-corrected chi connectivity index (χ1v) is 7.90.